The molecule has 0 radical (unpaired) electrons. The van der Waals surface area contributed by atoms with Crippen molar-refractivity contribution in [1.29, 1.82) is 0 Å². The first-order valence-electron chi connectivity index (χ1n) is 7.27. The predicted octanol–water partition coefficient (Wildman–Crippen LogP) is 3.55. The number of fused-ring (bicyclic) bond motifs is 1. The van der Waals surface area contributed by atoms with E-state index in [1.807, 2.05) is 6.07 Å². The zero-order valence-electron chi connectivity index (χ0n) is 11.6. The highest BCUT2D eigenvalue weighted by molar-refractivity contribution is 5.37. The summed E-state index contributed by atoms with van der Waals surface area (Å²) >= 11 is 0. The van der Waals surface area contributed by atoms with Gasteiger partial charge in [0.25, 0.3) is 0 Å². The van der Waals surface area contributed by atoms with E-state index >= 15 is 0 Å². The summed E-state index contributed by atoms with van der Waals surface area (Å²) in [5.41, 5.74) is 1.35. The molecule has 2 heteroatoms. The number of benzene rings is 1. The van der Waals surface area contributed by atoms with E-state index in [0.717, 1.165) is 18.7 Å². The number of nitrogens with one attached hydrogen (secondary N) is 1. The molecule has 0 aliphatic carbocycles. The van der Waals surface area contributed by atoms with Gasteiger partial charge in [0.2, 0.25) is 0 Å². The number of ether oxygens (including phenoxy) is 1. The fourth-order valence-electron chi connectivity index (χ4n) is 2.50. The molecule has 0 bridgehead atoms. The van der Waals surface area contributed by atoms with Crippen LogP contribution in [0, 0.1) is 0 Å². The molecule has 1 aliphatic heterocycles. The van der Waals surface area contributed by atoms with Crippen LogP contribution in [0.4, 0.5) is 0 Å². The van der Waals surface area contributed by atoms with Crippen molar-refractivity contribution < 1.29 is 4.74 Å². The van der Waals surface area contributed by atoms with Crippen LogP contribution in [0.2, 0.25) is 0 Å². The second-order valence-electron chi connectivity index (χ2n) is 5.36. The number of hydrogen-bond acceptors (Lipinski definition) is 2. The minimum absolute atomic E-state index is 0.316. The van der Waals surface area contributed by atoms with Gasteiger partial charge in [-0.1, -0.05) is 44.4 Å². The van der Waals surface area contributed by atoms with Crippen molar-refractivity contribution >= 4 is 0 Å². The normalized spacial score (nSPS) is 19.3. The van der Waals surface area contributed by atoms with E-state index in [1.54, 1.807) is 0 Å². The molecule has 18 heavy (non-hydrogen) atoms. The molecule has 0 fully saturated rings. The Bertz CT molecular complexity index is 339. The van der Waals surface area contributed by atoms with Crippen LogP contribution < -0.4 is 10.1 Å². The molecule has 100 valence electrons. The molecule has 2 nitrogen and oxygen atoms in total. The van der Waals surface area contributed by atoms with Gasteiger partial charge in [0, 0.05) is 19.0 Å². The average molecular weight is 247 g/mol. The summed E-state index contributed by atoms with van der Waals surface area (Å²) in [6.45, 7) is 5.49. The lowest BCUT2D eigenvalue weighted by molar-refractivity contribution is 0.221. The van der Waals surface area contributed by atoms with Gasteiger partial charge in [-0.05, 0) is 25.0 Å². The van der Waals surface area contributed by atoms with Crippen LogP contribution in [0.25, 0.3) is 0 Å². The van der Waals surface area contributed by atoms with Crippen LogP contribution in [-0.2, 0) is 6.42 Å². The highest BCUT2D eigenvalue weighted by atomic mass is 16.5. The molecule has 0 spiro atoms. The lowest BCUT2D eigenvalue weighted by Crippen LogP contribution is -2.35. The summed E-state index contributed by atoms with van der Waals surface area (Å²) in [5.74, 6) is 1.07. The van der Waals surface area contributed by atoms with Gasteiger partial charge < -0.3 is 10.1 Å². The smallest absolute Gasteiger partial charge is 0.123 e. The molecule has 0 amide bonds. The summed E-state index contributed by atoms with van der Waals surface area (Å²) in [6.07, 6.45) is 6.61. The standard InChI is InChI=1S/C16H25NO/c1-3-4-5-8-13(2)17-12-15-11-14-9-6-7-10-16(14)18-15/h6-7,9-10,13,15,17H,3-5,8,11-12H2,1-2H3. The van der Waals surface area contributed by atoms with Crippen LogP contribution in [0.15, 0.2) is 24.3 Å². The number of para-hydroxylation sites is 1. The molecule has 0 saturated heterocycles. The topological polar surface area (TPSA) is 21.3 Å². The molecule has 0 aromatic heterocycles. The van der Waals surface area contributed by atoms with Crippen LogP contribution in [0.1, 0.15) is 45.1 Å². The van der Waals surface area contributed by atoms with Gasteiger partial charge in [-0.15, -0.1) is 0 Å². The molecule has 2 atom stereocenters. The summed E-state index contributed by atoms with van der Waals surface area (Å²) < 4.78 is 5.92. The third-order valence-electron chi connectivity index (χ3n) is 3.65. The maximum atomic E-state index is 5.92. The van der Waals surface area contributed by atoms with Gasteiger partial charge in [-0.25, -0.2) is 0 Å². The third kappa shape index (κ3) is 3.74. The van der Waals surface area contributed by atoms with E-state index in [9.17, 15) is 0 Å². The zero-order valence-corrected chi connectivity index (χ0v) is 11.6. The molecule has 1 N–H and O–H groups in total. The monoisotopic (exact) mass is 247 g/mol. The second kappa shape index (κ2) is 6.79. The van der Waals surface area contributed by atoms with Crippen molar-refractivity contribution in [2.45, 2.75) is 58.1 Å². The Morgan fingerprint density at radius 2 is 2.17 bits per heavy atom. The molecular formula is C16H25NO. The van der Waals surface area contributed by atoms with Gasteiger partial charge in [0.15, 0.2) is 0 Å². The van der Waals surface area contributed by atoms with Crippen LogP contribution in [0.3, 0.4) is 0 Å². The van der Waals surface area contributed by atoms with Crippen LogP contribution >= 0.6 is 0 Å². The molecule has 1 aliphatic rings. The highest BCUT2D eigenvalue weighted by Crippen LogP contribution is 2.27. The minimum atomic E-state index is 0.316. The fourth-order valence-corrected chi connectivity index (χ4v) is 2.50. The number of rotatable bonds is 7. The Morgan fingerprint density at radius 3 is 2.94 bits per heavy atom. The fraction of sp³-hybridized carbons (Fsp3) is 0.625. The van der Waals surface area contributed by atoms with E-state index < -0.39 is 0 Å². The molecule has 1 heterocycles. The summed E-state index contributed by atoms with van der Waals surface area (Å²) in [7, 11) is 0. The van der Waals surface area contributed by atoms with Gasteiger partial charge in [0.05, 0.1) is 0 Å². The van der Waals surface area contributed by atoms with Crippen molar-refractivity contribution in [3.63, 3.8) is 0 Å². The zero-order chi connectivity index (χ0) is 12.8. The van der Waals surface area contributed by atoms with Gasteiger partial charge in [-0.2, -0.15) is 0 Å². The van der Waals surface area contributed by atoms with Crippen LogP contribution in [-0.4, -0.2) is 18.7 Å². The SMILES string of the molecule is CCCCCC(C)NCC1Cc2ccccc2O1. The highest BCUT2D eigenvalue weighted by Gasteiger charge is 2.22. The molecular weight excluding hydrogens is 222 g/mol. The lowest BCUT2D eigenvalue weighted by atomic mass is 10.1. The molecule has 1 aromatic rings. The van der Waals surface area contributed by atoms with E-state index in [-0.39, 0.29) is 0 Å². The van der Waals surface area contributed by atoms with Crippen molar-refractivity contribution in [2.24, 2.45) is 0 Å². The van der Waals surface area contributed by atoms with E-state index in [1.165, 1.54) is 31.2 Å². The predicted molar refractivity (Wildman–Crippen MR) is 76.2 cm³/mol. The molecule has 2 unspecified atom stereocenters. The lowest BCUT2D eigenvalue weighted by Gasteiger charge is -2.17. The quantitative estimate of drug-likeness (QED) is 0.744. The Kier molecular flexibility index (Phi) is 5.06. The maximum Gasteiger partial charge on any atom is 0.123 e. The summed E-state index contributed by atoms with van der Waals surface area (Å²) in [5, 5.41) is 3.59. The third-order valence-corrected chi connectivity index (χ3v) is 3.65. The van der Waals surface area contributed by atoms with E-state index in [4.69, 9.17) is 4.74 Å². The number of unbranched alkanes of at least 4 members (excludes halogenated alkanes) is 2. The minimum Gasteiger partial charge on any atom is -0.488 e. The Labute approximate surface area is 111 Å². The summed E-state index contributed by atoms with van der Waals surface area (Å²) in [6, 6.07) is 8.97. The van der Waals surface area contributed by atoms with Crippen molar-refractivity contribution in [2.75, 3.05) is 6.54 Å². The van der Waals surface area contributed by atoms with Gasteiger partial charge in [-0.3, -0.25) is 0 Å². The van der Waals surface area contributed by atoms with Gasteiger partial charge >= 0.3 is 0 Å². The van der Waals surface area contributed by atoms with Crippen LogP contribution in [0.5, 0.6) is 5.75 Å². The molecule has 2 rings (SSSR count). The largest absolute Gasteiger partial charge is 0.488 e. The number of hydrogen-bond donors (Lipinski definition) is 1. The first-order valence-corrected chi connectivity index (χ1v) is 7.27. The average Bonchev–Trinajstić information content (AvgIpc) is 2.79. The Hall–Kier alpha value is -1.02. The second-order valence-corrected chi connectivity index (χ2v) is 5.36. The first kappa shape index (κ1) is 13.4. The Balaban J connectivity index is 1.67. The molecule has 1 aromatic carbocycles. The Morgan fingerprint density at radius 1 is 1.33 bits per heavy atom. The van der Waals surface area contributed by atoms with Gasteiger partial charge in [0.1, 0.15) is 11.9 Å². The van der Waals surface area contributed by atoms with Crippen molar-refractivity contribution in [3.05, 3.63) is 29.8 Å². The molecule has 0 saturated carbocycles. The van der Waals surface area contributed by atoms with Crippen molar-refractivity contribution in [3.8, 4) is 5.75 Å². The first-order chi connectivity index (χ1) is 8.79. The maximum absolute atomic E-state index is 5.92. The summed E-state index contributed by atoms with van der Waals surface area (Å²) in [4.78, 5) is 0. The van der Waals surface area contributed by atoms with Crippen molar-refractivity contribution in [1.82, 2.24) is 5.32 Å². The van der Waals surface area contributed by atoms with E-state index in [2.05, 4.69) is 37.4 Å². The van der Waals surface area contributed by atoms with E-state index in [0.29, 0.717) is 12.1 Å².